The number of nitrogens with zero attached hydrogens (tertiary/aromatic N) is 2. The predicted octanol–water partition coefficient (Wildman–Crippen LogP) is 3.39. The molecule has 0 fully saturated rings. The molecule has 0 saturated heterocycles. The van der Waals surface area contributed by atoms with E-state index in [1.807, 2.05) is 6.07 Å². The number of anilines is 1. The van der Waals surface area contributed by atoms with Crippen LogP contribution >= 0.6 is 23.2 Å². The van der Waals surface area contributed by atoms with Crippen molar-refractivity contribution in [3.05, 3.63) is 46.7 Å². The quantitative estimate of drug-likeness (QED) is 0.858. The van der Waals surface area contributed by atoms with Crippen LogP contribution in [0, 0.1) is 0 Å². The number of para-hydroxylation sites is 1. The summed E-state index contributed by atoms with van der Waals surface area (Å²) in [7, 11) is 0. The molecule has 0 aliphatic heterocycles. The third-order valence-corrected chi connectivity index (χ3v) is 2.22. The maximum atomic E-state index is 11.5. The van der Waals surface area contributed by atoms with E-state index in [1.165, 1.54) is 6.07 Å². The van der Waals surface area contributed by atoms with Crippen LogP contribution in [0.2, 0.25) is 10.3 Å². The number of benzene rings is 1. The third-order valence-electron chi connectivity index (χ3n) is 1.83. The Kier molecular flexibility index (Phi) is 3.96. The number of amides is 1. The van der Waals surface area contributed by atoms with Crippen molar-refractivity contribution in [2.75, 3.05) is 5.32 Å². The highest BCUT2D eigenvalue weighted by molar-refractivity contribution is 6.33. The Bertz CT molecular complexity index is 543. The van der Waals surface area contributed by atoms with Crippen molar-refractivity contribution in [3.63, 3.8) is 0 Å². The van der Waals surface area contributed by atoms with Gasteiger partial charge in [-0.3, -0.25) is 5.32 Å². The summed E-state index contributed by atoms with van der Waals surface area (Å²) in [5, 5.41) is 2.58. The topological polar surface area (TPSA) is 64.1 Å². The van der Waals surface area contributed by atoms with Gasteiger partial charge in [0.1, 0.15) is 16.1 Å². The average Bonchev–Trinajstić information content (AvgIpc) is 2.28. The molecule has 1 aromatic heterocycles. The molecule has 7 heteroatoms. The molecule has 0 spiro atoms. The molecule has 1 amide bonds. The minimum absolute atomic E-state index is 0.0200. The van der Waals surface area contributed by atoms with Gasteiger partial charge in [0.2, 0.25) is 5.95 Å². The molecule has 0 radical (unpaired) electrons. The zero-order valence-electron chi connectivity index (χ0n) is 8.93. The summed E-state index contributed by atoms with van der Waals surface area (Å²) in [4.78, 5) is 19.1. The van der Waals surface area contributed by atoms with Gasteiger partial charge in [0.25, 0.3) is 0 Å². The number of carbonyl (C=O) groups is 1. The van der Waals surface area contributed by atoms with Crippen LogP contribution in [-0.4, -0.2) is 16.1 Å². The molecule has 0 saturated carbocycles. The highest BCUT2D eigenvalue weighted by Crippen LogP contribution is 2.15. The summed E-state index contributed by atoms with van der Waals surface area (Å²) in [6.07, 6.45) is -0.723. The number of hydrogen-bond donors (Lipinski definition) is 1. The minimum Gasteiger partial charge on any atom is -0.410 e. The zero-order valence-corrected chi connectivity index (χ0v) is 10.4. The molecule has 1 aromatic carbocycles. The minimum atomic E-state index is -0.723. The summed E-state index contributed by atoms with van der Waals surface area (Å²) < 4.78 is 4.98. The van der Waals surface area contributed by atoms with E-state index in [1.54, 1.807) is 24.3 Å². The van der Waals surface area contributed by atoms with Crippen LogP contribution in [0.4, 0.5) is 10.7 Å². The Morgan fingerprint density at radius 1 is 1.11 bits per heavy atom. The fraction of sp³-hybridized carbons (Fsp3) is 0. The highest BCUT2D eigenvalue weighted by Gasteiger charge is 2.08. The van der Waals surface area contributed by atoms with Crippen molar-refractivity contribution < 1.29 is 9.53 Å². The predicted molar refractivity (Wildman–Crippen MR) is 68.1 cm³/mol. The molecular formula is C11H7Cl2N3O2. The van der Waals surface area contributed by atoms with Gasteiger partial charge in [-0.15, -0.1) is 0 Å². The monoisotopic (exact) mass is 283 g/mol. The molecule has 18 heavy (non-hydrogen) atoms. The summed E-state index contributed by atoms with van der Waals surface area (Å²) in [6.45, 7) is 0. The zero-order chi connectivity index (χ0) is 13.0. The molecule has 0 bridgehead atoms. The molecule has 0 unspecified atom stereocenters. The second kappa shape index (κ2) is 5.66. The fourth-order valence-electron chi connectivity index (χ4n) is 1.16. The Morgan fingerprint density at radius 2 is 1.72 bits per heavy atom. The molecule has 1 heterocycles. The first-order valence-electron chi connectivity index (χ1n) is 4.87. The van der Waals surface area contributed by atoms with Crippen LogP contribution in [-0.2, 0) is 0 Å². The Balaban J connectivity index is 2.03. The lowest BCUT2D eigenvalue weighted by Gasteiger charge is -2.05. The Hall–Kier alpha value is -1.85. The molecule has 92 valence electrons. The van der Waals surface area contributed by atoms with E-state index in [0.29, 0.717) is 5.75 Å². The number of carbonyl (C=O) groups excluding carboxylic acids is 1. The van der Waals surface area contributed by atoms with Crippen molar-refractivity contribution >= 4 is 35.2 Å². The van der Waals surface area contributed by atoms with Gasteiger partial charge in [0.05, 0.1) is 0 Å². The van der Waals surface area contributed by atoms with E-state index in [9.17, 15) is 4.79 Å². The molecule has 5 nitrogen and oxygen atoms in total. The van der Waals surface area contributed by atoms with Crippen LogP contribution in [0.3, 0.4) is 0 Å². The standard InChI is InChI=1S/C11H7Cl2N3O2/c12-8-6-9(13)15-10(14-8)16-11(17)18-7-4-2-1-3-5-7/h1-6H,(H,14,15,16,17). The van der Waals surface area contributed by atoms with E-state index in [-0.39, 0.29) is 16.3 Å². The van der Waals surface area contributed by atoms with Crippen LogP contribution < -0.4 is 10.1 Å². The van der Waals surface area contributed by atoms with Crippen molar-refractivity contribution in [3.8, 4) is 5.75 Å². The van der Waals surface area contributed by atoms with Crippen LogP contribution in [0.25, 0.3) is 0 Å². The second-order valence-electron chi connectivity index (χ2n) is 3.16. The molecule has 2 rings (SSSR count). The van der Waals surface area contributed by atoms with Crippen LogP contribution in [0.1, 0.15) is 0 Å². The lowest BCUT2D eigenvalue weighted by Crippen LogP contribution is -2.18. The maximum absolute atomic E-state index is 11.5. The van der Waals surface area contributed by atoms with Crippen molar-refractivity contribution in [1.29, 1.82) is 0 Å². The Morgan fingerprint density at radius 3 is 2.33 bits per heavy atom. The Labute approximate surface area is 113 Å². The molecular weight excluding hydrogens is 277 g/mol. The summed E-state index contributed by atoms with van der Waals surface area (Å²) in [6, 6.07) is 9.95. The molecule has 0 atom stereocenters. The smallest absolute Gasteiger partial charge is 0.410 e. The first-order chi connectivity index (χ1) is 8.63. The van der Waals surface area contributed by atoms with Gasteiger partial charge in [-0.2, -0.15) is 0 Å². The molecule has 0 aliphatic carbocycles. The summed E-state index contributed by atoms with van der Waals surface area (Å²) in [5.41, 5.74) is 0. The summed E-state index contributed by atoms with van der Waals surface area (Å²) >= 11 is 11.3. The van der Waals surface area contributed by atoms with Gasteiger partial charge in [-0.1, -0.05) is 41.4 Å². The van der Waals surface area contributed by atoms with Gasteiger partial charge >= 0.3 is 6.09 Å². The van der Waals surface area contributed by atoms with Gasteiger partial charge in [0.15, 0.2) is 0 Å². The molecule has 0 aliphatic rings. The SMILES string of the molecule is O=C(Nc1nc(Cl)cc(Cl)n1)Oc1ccccc1. The number of nitrogens with one attached hydrogen (secondary N) is 1. The number of hydrogen-bond acceptors (Lipinski definition) is 4. The first-order valence-corrected chi connectivity index (χ1v) is 5.63. The van der Waals surface area contributed by atoms with Crippen LogP contribution in [0.5, 0.6) is 5.75 Å². The normalized spacial score (nSPS) is 9.89. The van der Waals surface area contributed by atoms with Gasteiger partial charge in [-0.25, -0.2) is 14.8 Å². The van der Waals surface area contributed by atoms with Gasteiger partial charge in [0, 0.05) is 6.07 Å². The number of rotatable bonds is 2. The number of aromatic nitrogens is 2. The fourth-order valence-corrected chi connectivity index (χ4v) is 1.58. The molecule has 1 N–H and O–H groups in total. The van der Waals surface area contributed by atoms with Gasteiger partial charge < -0.3 is 4.74 Å². The van der Waals surface area contributed by atoms with Crippen molar-refractivity contribution in [2.24, 2.45) is 0 Å². The van der Waals surface area contributed by atoms with E-state index in [4.69, 9.17) is 27.9 Å². The second-order valence-corrected chi connectivity index (χ2v) is 3.94. The largest absolute Gasteiger partial charge is 0.419 e. The highest BCUT2D eigenvalue weighted by atomic mass is 35.5. The van der Waals surface area contributed by atoms with Crippen molar-refractivity contribution in [1.82, 2.24) is 9.97 Å². The number of halogens is 2. The lowest BCUT2D eigenvalue weighted by atomic mass is 10.3. The van der Waals surface area contributed by atoms with Crippen LogP contribution in [0.15, 0.2) is 36.4 Å². The van der Waals surface area contributed by atoms with E-state index >= 15 is 0 Å². The van der Waals surface area contributed by atoms with Gasteiger partial charge in [-0.05, 0) is 12.1 Å². The average molecular weight is 284 g/mol. The lowest BCUT2D eigenvalue weighted by molar-refractivity contribution is 0.215. The first kappa shape index (κ1) is 12.6. The summed E-state index contributed by atoms with van der Waals surface area (Å²) in [5.74, 6) is 0.386. The van der Waals surface area contributed by atoms with E-state index in [0.717, 1.165) is 0 Å². The maximum Gasteiger partial charge on any atom is 0.419 e. The van der Waals surface area contributed by atoms with E-state index in [2.05, 4.69) is 15.3 Å². The number of ether oxygens (including phenoxy) is 1. The van der Waals surface area contributed by atoms with Crippen molar-refractivity contribution in [2.45, 2.75) is 0 Å². The third kappa shape index (κ3) is 3.58. The van der Waals surface area contributed by atoms with E-state index < -0.39 is 6.09 Å². The molecule has 2 aromatic rings.